The van der Waals surface area contributed by atoms with Gasteiger partial charge in [-0.05, 0) is 53.6 Å². The van der Waals surface area contributed by atoms with E-state index in [0.29, 0.717) is 17.5 Å². The minimum absolute atomic E-state index is 0.634. The van der Waals surface area contributed by atoms with E-state index in [2.05, 4.69) is 91.0 Å². The third-order valence-corrected chi connectivity index (χ3v) is 9.43. The maximum atomic E-state index is 5.00. The zero-order chi connectivity index (χ0) is 31.2. The Labute approximate surface area is 275 Å². The number of hydrogen-bond donors (Lipinski definition) is 0. The van der Waals surface area contributed by atoms with Crippen molar-refractivity contribution in [2.24, 2.45) is 0 Å². The van der Waals surface area contributed by atoms with Gasteiger partial charge in [-0.2, -0.15) is 0 Å². The summed E-state index contributed by atoms with van der Waals surface area (Å²) in [5.74, 6) is 1.93. The third-order valence-electron chi connectivity index (χ3n) is 8.35. The first-order chi connectivity index (χ1) is 23.2. The average molecular weight is 620 g/mol. The lowest BCUT2D eigenvalue weighted by molar-refractivity contribution is 1.07. The second kappa shape index (κ2) is 11.4. The molecule has 0 bridgehead atoms. The summed E-state index contributed by atoms with van der Waals surface area (Å²) >= 11 is 1.72. The molecule has 0 aliphatic heterocycles. The number of rotatable bonds is 5. The SMILES string of the molecule is c1ccc(-c2nc(-c3ccccc3)nc(-c3cccc(-c4ccc5nc(-c6ccc7c(n6)sc6ccccc67)ccc5c4)c3)n2)cc1. The summed E-state index contributed by atoms with van der Waals surface area (Å²) in [5.41, 5.74) is 7.67. The average Bonchev–Trinajstić information content (AvgIpc) is 3.53. The summed E-state index contributed by atoms with van der Waals surface area (Å²) in [5, 5.41) is 3.50. The highest BCUT2D eigenvalue weighted by Crippen LogP contribution is 2.35. The van der Waals surface area contributed by atoms with E-state index in [1.807, 2.05) is 60.7 Å². The fraction of sp³-hybridized carbons (Fsp3) is 0. The Hall–Kier alpha value is -6.11. The second-order valence-corrected chi connectivity index (χ2v) is 12.4. The Kier molecular flexibility index (Phi) is 6.58. The van der Waals surface area contributed by atoms with Crippen molar-refractivity contribution >= 4 is 42.5 Å². The molecule has 0 radical (unpaired) electrons. The summed E-state index contributed by atoms with van der Waals surface area (Å²) in [4.78, 5) is 25.7. The summed E-state index contributed by atoms with van der Waals surface area (Å²) in [6.45, 7) is 0. The molecule has 0 saturated heterocycles. The van der Waals surface area contributed by atoms with Crippen molar-refractivity contribution in [2.45, 2.75) is 0 Å². The van der Waals surface area contributed by atoms with E-state index >= 15 is 0 Å². The van der Waals surface area contributed by atoms with Crippen molar-refractivity contribution in [2.75, 3.05) is 0 Å². The molecule has 47 heavy (non-hydrogen) atoms. The molecule has 5 nitrogen and oxygen atoms in total. The van der Waals surface area contributed by atoms with Crippen molar-refractivity contribution in [3.63, 3.8) is 0 Å². The molecule has 0 atom stereocenters. The van der Waals surface area contributed by atoms with Crippen LogP contribution in [0, 0.1) is 0 Å². The van der Waals surface area contributed by atoms with Crippen LogP contribution in [0.3, 0.4) is 0 Å². The van der Waals surface area contributed by atoms with Crippen LogP contribution in [-0.2, 0) is 0 Å². The molecule has 9 aromatic rings. The number of thiophene rings is 1. The van der Waals surface area contributed by atoms with Gasteiger partial charge in [0.25, 0.3) is 0 Å². The molecule has 0 fully saturated rings. The first-order valence-corrected chi connectivity index (χ1v) is 16.2. The number of nitrogens with zero attached hydrogens (tertiary/aromatic N) is 5. The molecule has 4 aromatic heterocycles. The molecular formula is C41H25N5S. The summed E-state index contributed by atoms with van der Waals surface area (Å²) < 4.78 is 1.25. The Morgan fingerprint density at radius 1 is 0.362 bits per heavy atom. The highest BCUT2D eigenvalue weighted by atomic mass is 32.1. The number of pyridine rings is 2. The fourth-order valence-corrected chi connectivity index (χ4v) is 7.05. The number of benzene rings is 5. The first kappa shape index (κ1) is 27.2. The second-order valence-electron chi connectivity index (χ2n) is 11.4. The van der Waals surface area contributed by atoms with Crippen molar-refractivity contribution in [3.05, 3.63) is 152 Å². The molecule has 0 aliphatic rings. The molecule has 0 aliphatic carbocycles. The summed E-state index contributed by atoms with van der Waals surface area (Å²) in [6.07, 6.45) is 0. The van der Waals surface area contributed by atoms with Crippen LogP contribution in [0.4, 0.5) is 0 Å². The Bertz CT molecular complexity index is 2520. The normalized spacial score (nSPS) is 11.4. The molecule has 5 aromatic carbocycles. The van der Waals surface area contributed by atoms with Gasteiger partial charge in [0.1, 0.15) is 4.83 Å². The third kappa shape index (κ3) is 5.11. The molecule has 0 unspecified atom stereocenters. The standard InChI is InChI=1S/C41H25N5S/c1-3-10-26(11-4-1)38-44-39(27-12-5-2-6-13-27)46-40(45-38)31-15-9-14-28(25-31)29-18-21-34-30(24-29)19-22-35(42-34)36-23-20-33-32-16-7-8-17-37(32)47-41(33)43-36/h1-25H. The van der Waals surface area contributed by atoms with Crippen LogP contribution in [-0.4, -0.2) is 24.9 Å². The molecule has 9 rings (SSSR count). The fourth-order valence-electron chi connectivity index (χ4n) is 5.97. The monoisotopic (exact) mass is 619 g/mol. The van der Waals surface area contributed by atoms with Gasteiger partial charge in [-0.1, -0.05) is 109 Å². The van der Waals surface area contributed by atoms with Gasteiger partial charge in [-0.15, -0.1) is 11.3 Å². The maximum absolute atomic E-state index is 5.00. The van der Waals surface area contributed by atoms with Crippen molar-refractivity contribution in [1.82, 2.24) is 24.9 Å². The molecule has 0 N–H and O–H groups in total. The maximum Gasteiger partial charge on any atom is 0.164 e. The van der Waals surface area contributed by atoms with Crippen molar-refractivity contribution in [3.8, 4) is 56.7 Å². The summed E-state index contributed by atoms with van der Waals surface area (Å²) in [6, 6.07) is 51.7. The van der Waals surface area contributed by atoms with Gasteiger partial charge in [0.15, 0.2) is 17.5 Å². The zero-order valence-electron chi connectivity index (χ0n) is 25.1. The zero-order valence-corrected chi connectivity index (χ0v) is 25.9. The topological polar surface area (TPSA) is 64.5 Å². The summed E-state index contributed by atoms with van der Waals surface area (Å²) in [7, 11) is 0. The smallest absolute Gasteiger partial charge is 0.164 e. The molecule has 0 amide bonds. The Morgan fingerprint density at radius 3 is 1.72 bits per heavy atom. The van der Waals surface area contributed by atoms with E-state index in [0.717, 1.165) is 54.9 Å². The number of aromatic nitrogens is 5. The van der Waals surface area contributed by atoms with Crippen molar-refractivity contribution < 1.29 is 0 Å². The molecule has 4 heterocycles. The van der Waals surface area contributed by atoms with Gasteiger partial charge in [-0.25, -0.2) is 24.9 Å². The molecular weight excluding hydrogens is 595 g/mol. The van der Waals surface area contributed by atoms with Gasteiger partial charge in [0.05, 0.1) is 16.9 Å². The van der Waals surface area contributed by atoms with E-state index < -0.39 is 0 Å². The largest absolute Gasteiger partial charge is 0.246 e. The number of hydrogen-bond acceptors (Lipinski definition) is 6. The lowest BCUT2D eigenvalue weighted by atomic mass is 10.0. The Morgan fingerprint density at radius 2 is 0.957 bits per heavy atom. The lowest BCUT2D eigenvalue weighted by Gasteiger charge is -2.10. The van der Waals surface area contributed by atoms with E-state index in [9.17, 15) is 0 Å². The van der Waals surface area contributed by atoms with E-state index in [1.54, 1.807) is 11.3 Å². The van der Waals surface area contributed by atoms with Gasteiger partial charge < -0.3 is 0 Å². The van der Waals surface area contributed by atoms with Crippen molar-refractivity contribution in [1.29, 1.82) is 0 Å². The number of fused-ring (bicyclic) bond motifs is 4. The van der Waals surface area contributed by atoms with E-state index in [4.69, 9.17) is 24.9 Å². The highest BCUT2D eigenvalue weighted by molar-refractivity contribution is 7.25. The predicted octanol–water partition coefficient (Wildman–Crippen LogP) is 10.5. The molecule has 220 valence electrons. The molecule has 0 saturated carbocycles. The minimum Gasteiger partial charge on any atom is -0.246 e. The van der Waals surface area contributed by atoms with Crippen LogP contribution in [0.15, 0.2) is 152 Å². The lowest BCUT2D eigenvalue weighted by Crippen LogP contribution is -2.00. The minimum atomic E-state index is 0.634. The van der Waals surface area contributed by atoms with Gasteiger partial charge in [-0.3, -0.25) is 0 Å². The van der Waals surface area contributed by atoms with Crippen LogP contribution in [0.25, 0.3) is 87.9 Å². The molecule has 0 spiro atoms. The van der Waals surface area contributed by atoms with E-state index in [-0.39, 0.29) is 0 Å². The molecule has 6 heteroatoms. The predicted molar refractivity (Wildman–Crippen MR) is 193 cm³/mol. The van der Waals surface area contributed by atoms with Crippen LogP contribution in [0.1, 0.15) is 0 Å². The van der Waals surface area contributed by atoms with Gasteiger partial charge in [0.2, 0.25) is 0 Å². The van der Waals surface area contributed by atoms with Crippen LogP contribution in [0.5, 0.6) is 0 Å². The van der Waals surface area contributed by atoms with Crippen LogP contribution < -0.4 is 0 Å². The van der Waals surface area contributed by atoms with E-state index in [1.165, 1.54) is 15.5 Å². The quantitative estimate of drug-likeness (QED) is 0.192. The van der Waals surface area contributed by atoms with Crippen LogP contribution in [0.2, 0.25) is 0 Å². The van der Waals surface area contributed by atoms with Gasteiger partial charge in [0, 0.05) is 37.5 Å². The van der Waals surface area contributed by atoms with Gasteiger partial charge >= 0.3 is 0 Å². The highest BCUT2D eigenvalue weighted by Gasteiger charge is 2.14. The Balaban J connectivity index is 1.07. The van der Waals surface area contributed by atoms with Crippen LogP contribution >= 0.6 is 11.3 Å². The first-order valence-electron chi connectivity index (χ1n) is 15.4.